The predicted octanol–water partition coefficient (Wildman–Crippen LogP) is 1.27. The highest BCUT2D eigenvalue weighted by Gasteiger charge is 2.59. The molecule has 0 amide bonds. The van der Waals surface area contributed by atoms with Crippen LogP contribution in [0.15, 0.2) is 30.3 Å². The molecular weight excluding hydrogens is 288 g/mol. The first-order chi connectivity index (χ1) is 10.7. The highest BCUT2D eigenvalue weighted by Crippen LogP contribution is 2.39. The maximum Gasteiger partial charge on any atom is 0.302 e. The number of carbonyl (C=O) groups is 1. The van der Waals surface area contributed by atoms with Crippen LogP contribution in [0.25, 0.3) is 0 Å². The molecule has 0 spiro atoms. The number of hydrogen-bond donors (Lipinski definition) is 0. The van der Waals surface area contributed by atoms with Gasteiger partial charge in [-0.3, -0.25) is 4.79 Å². The molecule has 22 heavy (non-hydrogen) atoms. The summed E-state index contributed by atoms with van der Waals surface area (Å²) in [5.74, 6) is -0.349. The number of rotatable bonds is 6. The smallest absolute Gasteiger partial charge is 0.302 e. The van der Waals surface area contributed by atoms with E-state index in [1.807, 2.05) is 30.3 Å². The second-order valence-corrected chi connectivity index (χ2v) is 5.41. The molecule has 0 bridgehead atoms. The Labute approximate surface area is 129 Å². The molecule has 0 saturated carbocycles. The third-order valence-corrected chi connectivity index (χ3v) is 3.80. The zero-order valence-corrected chi connectivity index (χ0v) is 12.6. The highest BCUT2D eigenvalue weighted by molar-refractivity contribution is 5.65. The van der Waals surface area contributed by atoms with Crippen molar-refractivity contribution in [2.45, 2.75) is 44.2 Å². The molecule has 2 heterocycles. The summed E-state index contributed by atoms with van der Waals surface area (Å²) in [7, 11) is 1.57. The molecule has 0 radical (unpaired) electrons. The Morgan fingerprint density at radius 1 is 1.18 bits per heavy atom. The Morgan fingerprint density at radius 3 is 2.64 bits per heavy atom. The number of ether oxygens (including phenoxy) is 5. The van der Waals surface area contributed by atoms with Crippen LogP contribution in [0, 0.1) is 0 Å². The van der Waals surface area contributed by atoms with Gasteiger partial charge in [-0.25, -0.2) is 0 Å². The van der Waals surface area contributed by atoms with Gasteiger partial charge in [0.1, 0.15) is 31.0 Å². The van der Waals surface area contributed by atoms with E-state index in [0.29, 0.717) is 6.61 Å². The highest BCUT2D eigenvalue weighted by atomic mass is 16.8. The SMILES string of the molecule is CO[C@@H]1O[C@@H](COC(C)=O)[C@@H](OCc2ccccc2)[C@@H]2O[C@H]12. The third-order valence-electron chi connectivity index (χ3n) is 3.80. The topological polar surface area (TPSA) is 66.5 Å². The largest absolute Gasteiger partial charge is 0.463 e. The van der Waals surface area contributed by atoms with Gasteiger partial charge in [-0.15, -0.1) is 0 Å². The van der Waals surface area contributed by atoms with Gasteiger partial charge in [0, 0.05) is 14.0 Å². The molecule has 0 N–H and O–H groups in total. The first kappa shape index (κ1) is 15.4. The lowest BCUT2D eigenvalue weighted by molar-refractivity contribution is -0.221. The second kappa shape index (κ2) is 6.75. The Balaban J connectivity index is 1.62. The lowest BCUT2D eigenvalue weighted by Crippen LogP contribution is -2.49. The molecule has 120 valence electrons. The minimum atomic E-state index is -0.442. The van der Waals surface area contributed by atoms with Gasteiger partial charge in [0.05, 0.1) is 6.61 Å². The Morgan fingerprint density at radius 2 is 1.95 bits per heavy atom. The van der Waals surface area contributed by atoms with Gasteiger partial charge in [0.15, 0.2) is 6.29 Å². The van der Waals surface area contributed by atoms with Crippen molar-refractivity contribution in [1.82, 2.24) is 0 Å². The van der Waals surface area contributed by atoms with Crippen LogP contribution < -0.4 is 0 Å². The average Bonchev–Trinajstić information content (AvgIpc) is 3.32. The van der Waals surface area contributed by atoms with Crippen molar-refractivity contribution in [3.8, 4) is 0 Å². The monoisotopic (exact) mass is 308 g/mol. The van der Waals surface area contributed by atoms with Crippen molar-refractivity contribution in [2.24, 2.45) is 0 Å². The van der Waals surface area contributed by atoms with Crippen molar-refractivity contribution >= 4 is 5.97 Å². The molecule has 0 unspecified atom stereocenters. The normalized spacial score (nSPS) is 33.1. The number of fused-ring (bicyclic) bond motifs is 1. The maximum atomic E-state index is 11.0. The van der Waals surface area contributed by atoms with Gasteiger partial charge in [0.2, 0.25) is 0 Å². The van der Waals surface area contributed by atoms with Gasteiger partial charge in [0.25, 0.3) is 0 Å². The van der Waals surface area contributed by atoms with Crippen LogP contribution in [-0.2, 0) is 35.1 Å². The molecule has 2 aliphatic rings. The van der Waals surface area contributed by atoms with Crippen molar-refractivity contribution < 1.29 is 28.5 Å². The molecule has 3 rings (SSSR count). The molecule has 2 fully saturated rings. The molecular formula is C16H20O6. The standard InChI is InChI=1S/C16H20O6/c1-10(17)19-9-12-13(14-15(22-14)16(18-2)21-12)20-8-11-6-4-3-5-7-11/h3-7,12-16H,8-9H2,1-2H3/t12-,13+,14-,15-,16+/m0/s1. The fourth-order valence-electron chi connectivity index (χ4n) is 2.65. The molecule has 2 aliphatic heterocycles. The van der Waals surface area contributed by atoms with E-state index in [2.05, 4.69) is 0 Å². The lowest BCUT2D eigenvalue weighted by atomic mass is 10.0. The molecule has 6 heteroatoms. The van der Waals surface area contributed by atoms with Gasteiger partial charge < -0.3 is 23.7 Å². The molecule has 0 aliphatic carbocycles. The van der Waals surface area contributed by atoms with Crippen LogP contribution in [0.2, 0.25) is 0 Å². The molecule has 5 atom stereocenters. The maximum absolute atomic E-state index is 11.0. The van der Waals surface area contributed by atoms with E-state index in [9.17, 15) is 4.79 Å². The summed E-state index contributed by atoms with van der Waals surface area (Å²) < 4.78 is 27.7. The molecule has 1 aromatic rings. The van der Waals surface area contributed by atoms with E-state index in [1.54, 1.807) is 7.11 Å². The quantitative estimate of drug-likeness (QED) is 0.582. The van der Waals surface area contributed by atoms with Gasteiger partial charge >= 0.3 is 5.97 Å². The van der Waals surface area contributed by atoms with E-state index in [0.717, 1.165) is 5.56 Å². The van der Waals surface area contributed by atoms with Crippen LogP contribution in [0.4, 0.5) is 0 Å². The summed E-state index contributed by atoms with van der Waals surface area (Å²) in [6, 6.07) is 9.87. The predicted molar refractivity (Wildman–Crippen MR) is 76.0 cm³/mol. The summed E-state index contributed by atoms with van der Waals surface area (Å²) in [6.45, 7) is 1.95. The number of esters is 1. The van der Waals surface area contributed by atoms with Gasteiger partial charge in [-0.1, -0.05) is 30.3 Å². The van der Waals surface area contributed by atoms with Crippen molar-refractivity contribution in [1.29, 1.82) is 0 Å². The summed E-state index contributed by atoms with van der Waals surface area (Å²) >= 11 is 0. The summed E-state index contributed by atoms with van der Waals surface area (Å²) in [4.78, 5) is 11.0. The van der Waals surface area contributed by atoms with E-state index in [-0.39, 0.29) is 30.9 Å². The van der Waals surface area contributed by atoms with E-state index >= 15 is 0 Å². The summed E-state index contributed by atoms with van der Waals surface area (Å²) in [5.41, 5.74) is 1.07. The number of benzene rings is 1. The first-order valence-electron chi connectivity index (χ1n) is 7.31. The molecule has 2 saturated heterocycles. The number of methoxy groups -OCH3 is 1. The van der Waals surface area contributed by atoms with Gasteiger partial charge in [-0.2, -0.15) is 0 Å². The zero-order valence-electron chi connectivity index (χ0n) is 12.6. The number of epoxide rings is 1. The lowest BCUT2D eigenvalue weighted by Gasteiger charge is -2.32. The van der Waals surface area contributed by atoms with Crippen molar-refractivity contribution in [3.63, 3.8) is 0 Å². The third kappa shape index (κ3) is 3.47. The Hall–Kier alpha value is -1.47. The Bertz CT molecular complexity index is 505. The van der Waals surface area contributed by atoms with Crippen LogP contribution in [0.5, 0.6) is 0 Å². The van der Waals surface area contributed by atoms with Crippen LogP contribution in [0.3, 0.4) is 0 Å². The minimum Gasteiger partial charge on any atom is -0.463 e. The molecule has 1 aromatic carbocycles. The summed E-state index contributed by atoms with van der Waals surface area (Å²) in [5, 5.41) is 0. The first-order valence-corrected chi connectivity index (χ1v) is 7.31. The molecule has 0 aromatic heterocycles. The van der Waals surface area contributed by atoms with Crippen LogP contribution in [0.1, 0.15) is 12.5 Å². The van der Waals surface area contributed by atoms with E-state index in [4.69, 9.17) is 23.7 Å². The van der Waals surface area contributed by atoms with Crippen molar-refractivity contribution in [2.75, 3.05) is 13.7 Å². The van der Waals surface area contributed by atoms with Gasteiger partial charge in [-0.05, 0) is 5.56 Å². The fraction of sp³-hybridized carbons (Fsp3) is 0.562. The Kier molecular flexibility index (Phi) is 4.73. The number of hydrogen-bond acceptors (Lipinski definition) is 6. The van der Waals surface area contributed by atoms with Crippen LogP contribution >= 0.6 is 0 Å². The summed E-state index contributed by atoms with van der Waals surface area (Å²) in [6.07, 6.45) is -1.32. The minimum absolute atomic E-state index is 0.0806. The van der Waals surface area contributed by atoms with E-state index in [1.165, 1.54) is 6.92 Å². The molecule has 6 nitrogen and oxygen atoms in total. The number of carbonyl (C=O) groups excluding carboxylic acids is 1. The van der Waals surface area contributed by atoms with E-state index < -0.39 is 12.4 Å². The fourth-order valence-corrected chi connectivity index (χ4v) is 2.65. The zero-order chi connectivity index (χ0) is 15.5. The van der Waals surface area contributed by atoms with Crippen molar-refractivity contribution in [3.05, 3.63) is 35.9 Å². The van der Waals surface area contributed by atoms with Crippen LogP contribution in [-0.4, -0.2) is 50.4 Å². The second-order valence-electron chi connectivity index (χ2n) is 5.41. The average molecular weight is 308 g/mol.